The van der Waals surface area contributed by atoms with Gasteiger partial charge in [-0.1, -0.05) is 43.7 Å². The van der Waals surface area contributed by atoms with Crippen LogP contribution in [0.5, 0.6) is 0 Å². The van der Waals surface area contributed by atoms with Crippen LogP contribution in [-0.4, -0.2) is 50.2 Å². The number of likely N-dealkylation sites (tertiary alicyclic amines) is 1. The highest BCUT2D eigenvalue weighted by Gasteiger charge is 2.47. The fraction of sp³-hybridized carbons (Fsp3) is 0.476. The number of benzene rings is 1. The molecule has 28 heavy (non-hydrogen) atoms. The van der Waals surface area contributed by atoms with Gasteiger partial charge in [0.15, 0.2) is 0 Å². The van der Waals surface area contributed by atoms with Crippen molar-refractivity contribution >= 4 is 11.9 Å². The third kappa shape index (κ3) is 4.66. The number of aromatic nitrogens is 2. The summed E-state index contributed by atoms with van der Waals surface area (Å²) in [5, 5.41) is 23.3. The number of hydrogen-bond acceptors (Lipinski definition) is 6. The normalized spacial score (nSPS) is 22.7. The molecule has 150 valence electrons. The minimum atomic E-state index is -1.02. The molecule has 2 aromatic rings. The van der Waals surface area contributed by atoms with Crippen molar-refractivity contribution < 1.29 is 15.0 Å². The Hall–Kier alpha value is -2.51. The Kier molecular flexibility index (Phi) is 6.59. The van der Waals surface area contributed by atoms with Gasteiger partial charge in [-0.05, 0) is 24.9 Å². The van der Waals surface area contributed by atoms with Crippen LogP contribution in [0.3, 0.4) is 0 Å². The Morgan fingerprint density at radius 3 is 2.57 bits per heavy atom. The van der Waals surface area contributed by atoms with Crippen LogP contribution in [0.4, 0.5) is 5.95 Å². The van der Waals surface area contributed by atoms with E-state index in [1.165, 1.54) is 0 Å². The average molecular weight is 384 g/mol. The second kappa shape index (κ2) is 9.12. The Balaban J connectivity index is 1.54. The summed E-state index contributed by atoms with van der Waals surface area (Å²) in [6.07, 6.45) is 4.38. The van der Waals surface area contributed by atoms with Crippen LogP contribution in [0, 0.1) is 5.41 Å². The lowest BCUT2D eigenvalue weighted by atomic mass is 9.73. The number of rotatable bonds is 8. The van der Waals surface area contributed by atoms with E-state index in [1.54, 1.807) is 12.4 Å². The number of carbonyl (C=O) groups is 1. The number of hydrogen-bond donors (Lipinski definition) is 3. The predicted octanol–water partition coefficient (Wildman–Crippen LogP) is 2.53. The number of nitrogens with zero attached hydrogens (tertiary/aromatic N) is 3. The lowest BCUT2D eigenvalue weighted by Crippen LogP contribution is -2.54. The molecule has 1 aliphatic heterocycles. The summed E-state index contributed by atoms with van der Waals surface area (Å²) in [7, 11) is 0. The molecular formula is C21H28N4O3. The van der Waals surface area contributed by atoms with Gasteiger partial charge in [-0.2, -0.15) is 0 Å². The van der Waals surface area contributed by atoms with E-state index in [2.05, 4.69) is 20.2 Å². The molecule has 0 aliphatic carbocycles. The van der Waals surface area contributed by atoms with E-state index in [0.29, 0.717) is 45.0 Å². The van der Waals surface area contributed by atoms with Crippen LogP contribution in [0.2, 0.25) is 0 Å². The van der Waals surface area contributed by atoms with Crippen molar-refractivity contribution in [3.63, 3.8) is 0 Å². The average Bonchev–Trinajstić information content (AvgIpc) is 2.70. The number of nitrogens with one attached hydrogen (secondary N) is 1. The van der Waals surface area contributed by atoms with Crippen LogP contribution < -0.4 is 5.32 Å². The molecule has 0 spiro atoms. The first-order chi connectivity index (χ1) is 13.5. The molecule has 3 N–H and O–H groups in total. The van der Waals surface area contributed by atoms with Crippen LogP contribution >= 0.6 is 0 Å². The largest absolute Gasteiger partial charge is 0.481 e. The molecule has 0 unspecified atom stereocenters. The topological polar surface area (TPSA) is 98.6 Å². The van der Waals surface area contributed by atoms with Crippen LogP contribution in [-0.2, 0) is 17.9 Å². The fourth-order valence-corrected chi connectivity index (χ4v) is 3.84. The molecule has 3 rings (SSSR count). The van der Waals surface area contributed by atoms with Crippen molar-refractivity contribution in [3.8, 4) is 0 Å². The lowest BCUT2D eigenvalue weighted by Gasteiger charge is -2.42. The molecule has 7 nitrogen and oxygen atoms in total. The van der Waals surface area contributed by atoms with Crippen molar-refractivity contribution in [1.82, 2.24) is 14.9 Å². The molecule has 1 fully saturated rings. The zero-order valence-electron chi connectivity index (χ0n) is 16.2. The monoisotopic (exact) mass is 384 g/mol. The summed E-state index contributed by atoms with van der Waals surface area (Å²) in [5.74, 6) is -0.321. The maximum absolute atomic E-state index is 11.7. The van der Waals surface area contributed by atoms with Crippen molar-refractivity contribution in [3.05, 3.63) is 53.9 Å². The number of carboxylic acid groups (broad SMARTS) is 1. The first-order valence-corrected chi connectivity index (χ1v) is 9.76. The molecule has 0 bridgehead atoms. The van der Waals surface area contributed by atoms with Gasteiger partial charge < -0.3 is 15.5 Å². The van der Waals surface area contributed by atoms with Crippen LogP contribution in [0.15, 0.2) is 42.7 Å². The first-order valence-electron chi connectivity index (χ1n) is 9.76. The standard InChI is InChI=1S/C21H28N4O3/c1-2-8-21(19(27)28)9-10-25(15-18(21)26)14-17-12-23-20(24-13-17)22-11-16-6-4-3-5-7-16/h3-7,12-13,18,26H,2,8-11,14-15H2,1H3,(H,27,28)(H,22,23,24)/t18-,21-/m0/s1. The molecule has 0 amide bonds. The highest BCUT2D eigenvalue weighted by Crippen LogP contribution is 2.37. The van der Waals surface area contributed by atoms with Crippen LogP contribution in [0.1, 0.15) is 37.3 Å². The summed E-state index contributed by atoms with van der Waals surface area (Å²) >= 11 is 0. The summed E-state index contributed by atoms with van der Waals surface area (Å²) in [6.45, 7) is 4.19. The molecule has 1 saturated heterocycles. The van der Waals surface area contributed by atoms with Crippen molar-refractivity contribution in [2.24, 2.45) is 5.41 Å². The predicted molar refractivity (Wildman–Crippen MR) is 107 cm³/mol. The van der Waals surface area contributed by atoms with Gasteiger partial charge >= 0.3 is 5.97 Å². The molecule has 1 aromatic carbocycles. The molecule has 0 radical (unpaired) electrons. The Morgan fingerprint density at radius 2 is 1.96 bits per heavy atom. The van der Waals surface area contributed by atoms with Crippen molar-refractivity contribution in [2.45, 2.75) is 45.4 Å². The van der Waals surface area contributed by atoms with Gasteiger partial charge in [0, 0.05) is 37.6 Å². The number of β-amino-alcohol motifs (C(OH)–C–C–N with tert-alkyl or cyclic N) is 1. The quantitative estimate of drug-likeness (QED) is 0.643. The second-order valence-corrected chi connectivity index (χ2v) is 7.47. The fourth-order valence-electron chi connectivity index (χ4n) is 3.84. The molecule has 1 aliphatic rings. The van der Waals surface area contributed by atoms with E-state index in [-0.39, 0.29) is 0 Å². The summed E-state index contributed by atoms with van der Waals surface area (Å²) in [5.41, 5.74) is 1.08. The maximum atomic E-state index is 11.7. The zero-order valence-corrected chi connectivity index (χ0v) is 16.2. The maximum Gasteiger partial charge on any atom is 0.312 e. The van der Waals surface area contributed by atoms with E-state index in [1.807, 2.05) is 37.3 Å². The van der Waals surface area contributed by atoms with Gasteiger partial charge in [0.1, 0.15) is 0 Å². The van der Waals surface area contributed by atoms with Crippen LogP contribution in [0.25, 0.3) is 0 Å². The number of anilines is 1. The van der Waals surface area contributed by atoms with Gasteiger partial charge in [-0.15, -0.1) is 0 Å². The third-order valence-electron chi connectivity index (χ3n) is 5.47. The molecule has 2 atom stereocenters. The second-order valence-electron chi connectivity index (χ2n) is 7.47. The number of carboxylic acids is 1. The van der Waals surface area contributed by atoms with E-state index in [4.69, 9.17) is 0 Å². The van der Waals surface area contributed by atoms with Gasteiger partial charge in [0.2, 0.25) is 5.95 Å². The number of aliphatic carboxylic acids is 1. The number of aliphatic hydroxyl groups is 1. The summed E-state index contributed by atoms with van der Waals surface area (Å²) in [6, 6.07) is 10.0. The third-order valence-corrected chi connectivity index (χ3v) is 5.47. The SMILES string of the molecule is CCC[C@]1(C(=O)O)CCN(Cc2cnc(NCc3ccccc3)nc2)C[C@@H]1O. The van der Waals surface area contributed by atoms with E-state index in [9.17, 15) is 15.0 Å². The Labute approximate surface area is 165 Å². The Bertz CT molecular complexity index is 769. The van der Waals surface area contributed by atoms with Gasteiger partial charge in [-0.25, -0.2) is 9.97 Å². The molecule has 7 heteroatoms. The van der Waals surface area contributed by atoms with E-state index >= 15 is 0 Å². The first kappa shape index (κ1) is 20.2. The smallest absolute Gasteiger partial charge is 0.312 e. The van der Waals surface area contributed by atoms with E-state index in [0.717, 1.165) is 17.5 Å². The highest BCUT2D eigenvalue weighted by atomic mass is 16.4. The molecular weight excluding hydrogens is 356 g/mol. The minimum absolute atomic E-state index is 0.348. The molecule has 0 saturated carbocycles. The number of piperidine rings is 1. The number of aliphatic hydroxyl groups excluding tert-OH is 1. The minimum Gasteiger partial charge on any atom is -0.481 e. The summed E-state index contributed by atoms with van der Waals surface area (Å²) < 4.78 is 0. The molecule has 2 heterocycles. The van der Waals surface area contributed by atoms with Crippen molar-refractivity contribution in [2.75, 3.05) is 18.4 Å². The Morgan fingerprint density at radius 1 is 1.25 bits per heavy atom. The van der Waals surface area contributed by atoms with Gasteiger partial charge in [-0.3, -0.25) is 9.69 Å². The molecule has 1 aromatic heterocycles. The summed E-state index contributed by atoms with van der Waals surface area (Å²) in [4.78, 5) is 22.5. The van der Waals surface area contributed by atoms with Crippen molar-refractivity contribution in [1.29, 1.82) is 0 Å². The van der Waals surface area contributed by atoms with E-state index < -0.39 is 17.5 Å². The van der Waals surface area contributed by atoms with Gasteiger partial charge in [0.05, 0.1) is 11.5 Å². The lowest BCUT2D eigenvalue weighted by molar-refractivity contribution is -0.164. The zero-order chi connectivity index (χ0) is 20.0. The highest BCUT2D eigenvalue weighted by molar-refractivity contribution is 5.75. The van der Waals surface area contributed by atoms with Gasteiger partial charge in [0.25, 0.3) is 0 Å².